The zero-order chi connectivity index (χ0) is 22.3. The second-order valence-corrected chi connectivity index (χ2v) is 6.98. The van der Waals surface area contributed by atoms with Gasteiger partial charge in [0.15, 0.2) is 0 Å². The molecule has 0 heteroatoms. The molecule has 0 aliphatic heterocycles. The lowest BCUT2D eigenvalue weighted by Crippen LogP contribution is -1.88. The third kappa shape index (κ3) is 4.19. The Bertz CT molecular complexity index is 1110. The van der Waals surface area contributed by atoms with Gasteiger partial charge in [-0.15, -0.1) is 0 Å². The predicted molar refractivity (Wildman–Crippen MR) is 141 cm³/mol. The maximum absolute atomic E-state index is 2.29. The minimum Gasteiger partial charge on any atom is -0.0871 e. The number of rotatable bonds is 2. The number of hydrogen-bond acceptors (Lipinski definition) is 0. The molecule has 0 unspecified atom stereocenters. The van der Waals surface area contributed by atoms with Crippen molar-refractivity contribution in [2.24, 2.45) is 0 Å². The fourth-order valence-electron chi connectivity index (χ4n) is 4.09. The molecule has 30 heavy (non-hydrogen) atoms. The van der Waals surface area contributed by atoms with E-state index in [2.05, 4.69) is 101 Å². The largest absolute Gasteiger partial charge is 0.0871 e. The molecular weight excluding hydrogens is 360 g/mol. The van der Waals surface area contributed by atoms with Crippen molar-refractivity contribution in [3.8, 4) is 0 Å². The highest BCUT2D eigenvalue weighted by Crippen LogP contribution is 2.35. The van der Waals surface area contributed by atoms with E-state index < -0.39 is 0 Å². The van der Waals surface area contributed by atoms with E-state index in [1.165, 1.54) is 54.6 Å². The maximum Gasteiger partial charge on any atom is -0.00988 e. The average Bonchev–Trinajstić information content (AvgIpc) is 2.80. The van der Waals surface area contributed by atoms with Crippen LogP contribution in [0.5, 0.6) is 0 Å². The molecule has 156 valence electrons. The fraction of sp³-hybridized carbons (Fsp3) is 0.267. The van der Waals surface area contributed by atoms with Crippen molar-refractivity contribution in [3.05, 3.63) is 82.9 Å². The van der Waals surface area contributed by atoms with E-state index in [9.17, 15) is 0 Å². The highest BCUT2D eigenvalue weighted by Gasteiger charge is 2.09. The molecule has 0 nitrogen and oxygen atoms in total. The summed E-state index contributed by atoms with van der Waals surface area (Å²) >= 11 is 0. The van der Waals surface area contributed by atoms with Crippen LogP contribution in [0.3, 0.4) is 0 Å². The topological polar surface area (TPSA) is 0 Å². The van der Waals surface area contributed by atoms with Crippen molar-refractivity contribution < 1.29 is 0 Å². The molecule has 0 amide bonds. The number of fused-ring (bicyclic) bond motifs is 5. The Kier molecular flexibility index (Phi) is 8.42. The van der Waals surface area contributed by atoms with E-state index in [0.717, 1.165) is 0 Å². The standard InChI is InChI=1S/C26H24.2C2H6/c1-5-7-19-9-11-23-21(17(19)3)13-15-26-24-12-10-20(8-6-2)18(4)22(24)14-16-25(23)26;2*1-2/h5-16H,1-4H3;2*1-2H3/b7-5-,8-6-;;. The van der Waals surface area contributed by atoms with E-state index in [-0.39, 0.29) is 0 Å². The van der Waals surface area contributed by atoms with Crippen LogP contribution < -0.4 is 0 Å². The molecule has 4 rings (SSSR count). The first-order chi connectivity index (χ1) is 14.7. The van der Waals surface area contributed by atoms with Crippen LogP contribution in [-0.4, -0.2) is 0 Å². The van der Waals surface area contributed by atoms with Crippen molar-refractivity contribution in [1.82, 2.24) is 0 Å². The van der Waals surface area contributed by atoms with Gasteiger partial charge in [0.05, 0.1) is 0 Å². The maximum atomic E-state index is 2.29. The van der Waals surface area contributed by atoms with Crippen molar-refractivity contribution in [2.75, 3.05) is 0 Å². The molecule has 0 bridgehead atoms. The minimum absolute atomic E-state index is 1.30. The molecule has 0 atom stereocenters. The lowest BCUT2D eigenvalue weighted by atomic mass is 9.91. The van der Waals surface area contributed by atoms with Gasteiger partial charge in [-0.1, -0.05) is 101 Å². The van der Waals surface area contributed by atoms with Crippen molar-refractivity contribution in [1.29, 1.82) is 0 Å². The Morgan fingerprint density at radius 3 is 1.03 bits per heavy atom. The van der Waals surface area contributed by atoms with Gasteiger partial charge in [-0.2, -0.15) is 0 Å². The fourth-order valence-corrected chi connectivity index (χ4v) is 4.09. The van der Waals surface area contributed by atoms with Crippen molar-refractivity contribution >= 4 is 44.5 Å². The molecule has 0 fully saturated rings. The van der Waals surface area contributed by atoms with Gasteiger partial charge < -0.3 is 0 Å². The lowest BCUT2D eigenvalue weighted by Gasteiger charge is -2.13. The zero-order valence-corrected chi connectivity index (χ0v) is 19.9. The van der Waals surface area contributed by atoms with Gasteiger partial charge in [0.1, 0.15) is 0 Å². The van der Waals surface area contributed by atoms with E-state index in [4.69, 9.17) is 0 Å². The van der Waals surface area contributed by atoms with Crippen LogP contribution in [0.2, 0.25) is 0 Å². The van der Waals surface area contributed by atoms with Gasteiger partial charge in [0.25, 0.3) is 0 Å². The Morgan fingerprint density at radius 1 is 0.433 bits per heavy atom. The van der Waals surface area contributed by atoms with Crippen LogP contribution in [0.25, 0.3) is 44.5 Å². The molecule has 0 aromatic heterocycles. The quantitative estimate of drug-likeness (QED) is 0.296. The molecule has 0 aliphatic carbocycles. The van der Waals surface area contributed by atoms with Crippen LogP contribution in [0.4, 0.5) is 0 Å². The number of aryl methyl sites for hydroxylation is 2. The SMILES string of the molecule is C/C=C\c1ccc2c(ccc3c4ccc(/C=C\C)c(C)c4ccc23)c1C.CC.CC. The molecule has 0 heterocycles. The van der Waals surface area contributed by atoms with Crippen LogP contribution in [0.15, 0.2) is 60.7 Å². The number of hydrogen-bond donors (Lipinski definition) is 0. The van der Waals surface area contributed by atoms with Gasteiger partial charge >= 0.3 is 0 Å². The Hall–Kier alpha value is -2.86. The first-order valence-corrected chi connectivity index (χ1v) is 11.3. The summed E-state index contributed by atoms with van der Waals surface area (Å²) in [5.41, 5.74) is 5.29. The van der Waals surface area contributed by atoms with Crippen LogP contribution in [0, 0.1) is 13.8 Å². The molecule has 0 aliphatic rings. The van der Waals surface area contributed by atoms with Gasteiger partial charge in [0.2, 0.25) is 0 Å². The Labute approximate surface area is 182 Å². The summed E-state index contributed by atoms with van der Waals surface area (Å²) in [6.07, 6.45) is 8.58. The summed E-state index contributed by atoms with van der Waals surface area (Å²) in [6, 6.07) is 18.2. The third-order valence-electron chi connectivity index (χ3n) is 5.51. The van der Waals surface area contributed by atoms with E-state index in [0.29, 0.717) is 0 Å². The summed E-state index contributed by atoms with van der Waals surface area (Å²) in [7, 11) is 0. The van der Waals surface area contributed by atoms with Gasteiger partial charge in [-0.25, -0.2) is 0 Å². The number of allylic oxidation sites excluding steroid dienone is 2. The smallest absolute Gasteiger partial charge is 0.00988 e. The van der Waals surface area contributed by atoms with E-state index in [1.807, 2.05) is 27.7 Å². The molecule has 0 saturated heterocycles. The highest BCUT2D eigenvalue weighted by molar-refractivity contribution is 6.18. The Morgan fingerprint density at radius 2 is 0.700 bits per heavy atom. The van der Waals surface area contributed by atoms with Crippen LogP contribution in [-0.2, 0) is 0 Å². The predicted octanol–water partition coefficient (Wildman–Crippen LogP) is 9.88. The summed E-state index contributed by atoms with van der Waals surface area (Å²) in [6.45, 7) is 16.6. The summed E-state index contributed by atoms with van der Waals surface area (Å²) in [5.74, 6) is 0. The zero-order valence-electron chi connectivity index (χ0n) is 19.9. The van der Waals surface area contributed by atoms with Crippen LogP contribution >= 0.6 is 0 Å². The Balaban J connectivity index is 0.000000757. The van der Waals surface area contributed by atoms with Crippen molar-refractivity contribution in [3.63, 3.8) is 0 Å². The summed E-state index contributed by atoms with van der Waals surface area (Å²) < 4.78 is 0. The summed E-state index contributed by atoms with van der Waals surface area (Å²) in [4.78, 5) is 0. The molecule has 0 spiro atoms. The molecule has 0 saturated carbocycles. The molecule has 4 aromatic rings. The minimum atomic E-state index is 1.30. The van der Waals surface area contributed by atoms with Gasteiger partial charge in [-0.3, -0.25) is 0 Å². The monoisotopic (exact) mass is 396 g/mol. The van der Waals surface area contributed by atoms with Crippen molar-refractivity contribution in [2.45, 2.75) is 55.4 Å². The van der Waals surface area contributed by atoms with E-state index in [1.54, 1.807) is 0 Å². The molecule has 0 N–H and O–H groups in total. The molecular formula is C30H36. The lowest BCUT2D eigenvalue weighted by molar-refractivity contribution is 1.49. The highest BCUT2D eigenvalue weighted by atomic mass is 14.1. The van der Waals surface area contributed by atoms with Gasteiger partial charge in [0, 0.05) is 0 Å². The third-order valence-corrected chi connectivity index (χ3v) is 5.51. The molecule has 0 radical (unpaired) electrons. The normalized spacial score (nSPS) is 11.1. The van der Waals surface area contributed by atoms with Gasteiger partial charge in [-0.05, 0) is 82.3 Å². The van der Waals surface area contributed by atoms with Crippen LogP contribution in [0.1, 0.15) is 63.8 Å². The second kappa shape index (κ2) is 10.8. The second-order valence-electron chi connectivity index (χ2n) is 6.98. The number of benzene rings is 4. The summed E-state index contributed by atoms with van der Waals surface area (Å²) in [5, 5.41) is 8.03. The first-order valence-electron chi connectivity index (χ1n) is 11.3. The van der Waals surface area contributed by atoms with E-state index >= 15 is 0 Å². The average molecular weight is 397 g/mol. The molecule has 4 aromatic carbocycles. The first kappa shape index (κ1) is 23.4.